The van der Waals surface area contributed by atoms with Crippen LogP contribution in [-0.4, -0.2) is 29.6 Å². The Hall–Kier alpha value is -3.70. The van der Waals surface area contributed by atoms with Crippen LogP contribution >= 0.6 is 11.6 Å². The van der Waals surface area contributed by atoms with E-state index in [-0.39, 0.29) is 17.5 Å². The van der Waals surface area contributed by atoms with Gasteiger partial charge < -0.3 is 10.2 Å². The minimum Gasteiger partial charge on any atom is -0.352 e. The fourth-order valence-electron chi connectivity index (χ4n) is 6.07. The van der Waals surface area contributed by atoms with Gasteiger partial charge in [0.15, 0.2) is 11.6 Å². The minimum absolute atomic E-state index is 0.156. The number of carbonyl (C=O) groups is 3. The predicted octanol–water partition coefficient (Wildman–Crippen LogP) is 4.90. The van der Waals surface area contributed by atoms with Crippen LogP contribution < -0.4 is 10.2 Å². The molecule has 3 aromatic carbocycles. The van der Waals surface area contributed by atoms with Crippen LogP contribution in [0.1, 0.15) is 28.4 Å². The molecule has 0 saturated carbocycles. The van der Waals surface area contributed by atoms with Gasteiger partial charge in [-0.3, -0.25) is 14.4 Å². The third-order valence-electron chi connectivity index (χ3n) is 7.37. The van der Waals surface area contributed by atoms with E-state index < -0.39 is 23.4 Å². The number of benzene rings is 3. The summed E-state index contributed by atoms with van der Waals surface area (Å²) in [5.41, 5.74) is 2.39. The van der Waals surface area contributed by atoms with Crippen molar-refractivity contribution in [3.05, 3.63) is 101 Å². The topological polar surface area (TPSA) is 66.5 Å². The lowest BCUT2D eigenvalue weighted by Crippen LogP contribution is -2.51. The molecule has 6 heteroatoms. The molecule has 0 radical (unpaired) electrons. The molecule has 3 aliphatic rings. The molecule has 5 nitrogen and oxygen atoms in total. The normalized spacial score (nSPS) is 26.1. The Bertz CT molecular complexity index is 1400. The van der Waals surface area contributed by atoms with E-state index in [2.05, 4.69) is 5.32 Å². The molecule has 6 rings (SSSR count). The molecule has 0 aliphatic carbocycles. The molecule has 1 amide bonds. The number of Topliss-reactive ketones (excluding diaryl/α,β-unsaturated/α-hetero) is 2. The van der Waals surface area contributed by atoms with Gasteiger partial charge in [0.05, 0.1) is 18.0 Å². The molecule has 3 aliphatic heterocycles. The number of nitrogens with one attached hydrogen (secondary N) is 1. The second-order valence-electron chi connectivity index (χ2n) is 9.04. The quantitative estimate of drug-likeness (QED) is 0.555. The fourth-order valence-corrected chi connectivity index (χ4v) is 6.19. The van der Waals surface area contributed by atoms with Crippen LogP contribution in [0.5, 0.6) is 0 Å². The fraction of sp³-hybridized carbons (Fsp3) is 0.179. The van der Waals surface area contributed by atoms with Crippen LogP contribution in [0.15, 0.2) is 78.9 Å². The van der Waals surface area contributed by atoms with Crippen molar-refractivity contribution >= 4 is 46.5 Å². The third kappa shape index (κ3) is 2.64. The van der Waals surface area contributed by atoms with Gasteiger partial charge in [0.1, 0.15) is 5.41 Å². The number of para-hydroxylation sites is 2. The lowest BCUT2D eigenvalue weighted by molar-refractivity contribution is -0.122. The number of anilines is 2. The van der Waals surface area contributed by atoms with E-state index in [0.29, 0.717) is 16.3 Å². The summed E-state index contributed by atoms with van der Waals surface area (Å²) in [6, 6.07) is 20.6. The third-order valence-corrected chi connectivity index (χ3v) is 7.62. The number of nitrogens with zero attached hydrogens (tertiary/aromatic N) is 1. The lowest BCUT2D eigenvalue weighted by Gasteiger charge is -2.37. The van der Waals surface area contributed by atoms with Crippen LogP contribution in [0.25, 0.3) is 6.08 Å². The van der Waals surface area contributed by atoms with Crippen molar-refractivity contribution in [2.45, 2.75) is 24.4 Å². The van der Waals surface area contributed by atoms with Gasteiger partial charge in [-0.05, 0) is 54.4 Å². The van der Waals surface area contributed by atoms with Crippen LogP contribution in [0.3, 0.4) is 0 Å². The van der Waals surface area contributed by atoms with Crippen LogP contribution in [0.2, 0.25) is 5.02 Å². The number of carbonyl (C=O) groups excluding carboxylic acids is 3. The van der Waals surface area contributed by atoms with Gasteiger partial charge in [0.25, 0.3) is 0 Å². The molecule has 1 spiro atoms. The average Bonchev–Trinajstić information content (AvgIpc) is 3.32. The zero-order valence-electron chi connectivity index (χ0n) is 18.4. The summed E-state index contributed by atoms with van der Waals surface area (Å²) >= 11 is 6.07. The van der Waals surface area contributed by atoms with Crippen LogP contribution in [0.4, 0.5) is 11.4 Å². The summed E-state index contributed by atoms with van der Waals surface area (Å²) in [6.07, 6.45) is 3.95. The van der Waals surface area contributed by atoms with E-state index in [0.717, 1.165) is 16.8 Å². The average molecular weight is 469 g/mol. The van der Waals surface area contributed by atoms with Crippen molar-refractivity contribution in [3.63, 3.8) is 0 Å². The van der Waals surface area contributed by atoms with E-state index in [1.165, 1.54) is 6.92 Å². The smallest absolute Gasteiger partial charge is 0.238 e. The summed E-state index contributed by atoms with van der Waals surface area (Å²) in [6.45, 7) is 1.50. The molecule has 1 unspecified atom stereocenters. The molecule has 1 N–H and O–H groups in total. The van der Waals surface area contributed by atoms with Crippen molar-refractivity contribution in [2.75, 3.05) is 10.2 Å². The highest BCUT2D eigenvalue weighted by Gasteiger charge is 2.69. The Morgan fingerprint density at radius 3 is 2.44 bits per heavy atom. The summed E-state index contributed by atoms with van der Waals surface area (Å²) < 4.78 is 0. The number of fused-ring (bicyclic) bond motifs is 6. The highest BCUT2D eigenvalue weighted by molar-refractivity contribution is 6.30. The van der Waals surface area contributed by atoms with Gasteiger partial charge in [0.2, 0.25) is 5.91 Å². The van der Waals surface area contributed by atoms with Crippen LogP contribution in [-0.2, 0) is 15.0 Å². The van der Waals surface area contributed by atoms with Crippen molar-refractivity contribution < 1.29 is 14.4 Å². The number of ketones is 2. The number of rotatable bonds is 3. The molecular weight excluding hydrogens is 448 g/mol. The first-order valence-corrected chi connectivity index (χ1v) is 11.6. The molecule has 1 saturated heterocycles. The Labute approximate surface area is 202 Å². The summed E-state index contributed by atoms with van der Waals surface area (Å²) in [5.74, 6) is -1.58. The van der Waals surface area contributed by atoms with E-state index >= 15 is 0 Å². The second kappa shape index (κ2) is 7.40. The molecule has 0 bridgehead atoms. The van der Waals surface area contributed by atoms with Crippen molar-refractivity contribution in [1.29, 1.82) is 0 Å². The summed E-state index contributed by atoms with van der Waals surface area (Å²) in [7, 11) is 0. The van der Waals surface area contributed by atoms with Gasteiger partial charge >= 0.3 is 0 Å². The number of hydrogen-bond donors (Lipinski definition) is 1. The lowest BCUT2D eigenvalue weighted by atomic mass is 9.64. The first kappa shape index (κ1) is 20.9. The summed E-state index contributed by atoms with van der Waals surface area (Å²) in [4.78, 5) is 43.4. The van der Waals surface area contributed by atoms with Gasteiger partial charge in [0, 0.05) is 22.0 Å². The van der Waals surface area contributed by atoms with E-state index in [1.54, 1.807) is 24.3 Å². The Kier molecular flexibility index (Phi) is 4.55. The van der Waals surface area contributed by atoms with Gasteiger partial charge in [-0.25, -0.2) is 0 Å². The maximum atomic E-state index is 14.2. The standard InChI is InChI=1S/C28H21ClN2O3/c1-16(32)25-24(26(33)18-10-13-19(29)14-11-18)28(20-7-3-4-8-21(20)30-27(28)34)23-15-12-17-6-2-5-9-22(17)31(23)25/h2-15,23-25H,1H3,(H,30,34)/t23?,24-,25-,28+/m1/s1. The highest BCUT2D eigenvalue weighted by Crippen LogP contribution is 2.57. The molecular formula is C28H21ClN2O3. The van der Waals surface area contributed by atoms with Crippen molar-refractivity contribution in [3.8, 4) is 0 Å². The molecule has 1 fully saturated rings. The Morgan fingerprint density at radius 2 is 1.68 bits per heavy atom. The number of halogens is 1. The molecule has 34 heavy (non-hydrogen) atoms. The zero-order chi connectivity index (χ0) is 23.6. The molecule has 3 heterocycles. The monoisotopic (exact) mass is 468 g/mol. The van der Waals surface area contributed by atoms with E-state index in [4.69, 9.17) is 11.6 Å². The summed E-state index contributed by atoms with van der Waals surface area (Å²) in [5, 5.41) is 3.52. The highest BCUT2D eigenvalue weighted by atomic mass is 35.5. The first-order valence-electron chi connectivity index (χ1n) is 11.2. The van der Waals surface area contributed by atoms with Gasteiger partial charge in [-0.1, -0.05) is 60.2 Å². The predicted molar refractivity (Wildman–Crippen MR) is 132 cm³/mol. The molecule has 4 atom stereocenters. The van der Waals surface area contributed by atoms with E-state index in [9.17, 15) is 14.4 Å². The number of hydrogen-bond acceptors (Lipinski definition) is 4. The van der Waals surface area contributed by atoms with Gasteiger partial charge in [-0.2, -0.15) is 0 Å². The maximum absolute atomic E-state index is 14.2. The Balaban J connectivity index is 1.66. The first-order chi connectivity index (χ1) is 16.4. The Morgan fingerprint density at radius 1 is 0.971 bits per heavy atom. The van der Waals surface area contributed by atoms with Crippen molar-refractivity contribution in [2.24, 2.45) is 5.92 Å². The zero-order valence-corrected chi connectivity index (χ0v) is 19.1. The largest absolute Gasteiger partial charge is 0.352 e. The SMILES string of the molecule is CC(=O)[C@@H]1[C@H](C(=O)c2ccc(Cl)cc2)[C@@]2(C(=O)Nc3ccccc32)C2C=Cc3ccccc3N21. The van der Waals surface area contributed by atoms with Gasteiger partial charge in [-0.15, -0.1) is 0 Å². The minimum atomic E-state index is -1.26. The van der Waals surface area contributed by atoms with E-state index in [1.807, 2.05) is 65.6 Å². The molecule has 3 aromatic rings. The molecule has 0 aromatic heterocycles. The maximum Gasteiger partial charge on any atom is 0.238 e. The molecule has 168 valence electrons. The van der Waals surface area contributed by atoms with Crippen LogP contribution in [0, 0.1) is 5.92 Å². The van der Waals surface area contributed by atoms with Crippen molar-refractivity contribution in [1.82, 2.24) is 0 Å². The number of amides is 1. The second-order valence-corrected chi connectivity index (χ2v) is 9.48.